The number of anilines is 1. The molecule has 6 heteroatoms. The van der Waals surface area contributed by atoms with Crippen molar-refractivity contribution in [2.75, 3.05) is 18.4 Å². The van der Waals surface area contributed by atoms with E-state index < -0.39 is 5.41 Å². The van der Waals surface area contributed by atoms with Crippen molar-refractivity contribution < 1.29 is 4.79 Å². The second kappa shape index (κ2) is 8.42. The first kappa shape index (κ1) is 21.5. The van der Waals surface area contributed by atoms with Crippen molar-refractivity contribution in [3.63, 3.8) is 0 Å². The Morgan fingerprint density at radius 3 is 2.78 bits per heavy atom. The molecule has 4 aromatic rings. The molecule has 2 aromatic heterocycles. The molecule has 180 valence electrons. The highest BCUT2D eigenvalue weighted by atomic mass is 16.2. The van der Waals surface area contributed by atoms with Gasteiger partial charge >= 0.3 is 0 Å². The lowest BCUT2D eigenvalue weighted by Gasteiger charge is -2.25. The maximum Gasteiger partial charge on any atom is 0.235 e. The summed E-state index contributed by atoms with van der Waals surface area (Å²) in [5.74, 6) is 0.319. The van der Waals surface area contributed by atoms with Gasteiger partial charge in [0.15, 0.2) is 0 Å². The van der Waals surface area contributed by atoms with E-state index in [4.69, 9.17) is 0 Å². The highest BCUT2D eigenvalue weighted by molar-refractivity contribution is 6.09. The summed E-state index contributed by atoms with van der Waals surface area (Å²) in [7, 11) is 0. The van der Waals surface area contributed by atoms with Crippen LogP contribution in [-0.2, 0) is 16.8 Å². The number of hydrogen-bond donors (Lipinski definition) is 2. The van der Waals surface area contributed by atoms with Crippen LogP contribution in [0.3, 0.4) is 0 Å². The Kier molecular flexibility index (Phi) is 5.03. The number of piperidine rings is 1. The van der Waals surface area contributed by atoms with Crippen LogP contribution in [0.25, 0.3) is 23.1 Å². The third-order valence-electron chi connectivity index (χ3n) is 8.16. The minimum absolute atomic E-state index is 0.123. The van der Waals surface area contributed by atoms with Gasteiger partial charge in [-0.1, -0.05) is 48.9 Å². The zero-order valence-corrected chi connectivity index (χ0v) is 20.2. The standard InChI is InChI=1S/C30H29N5O/c36-29-30(24-6-2-3-7-27(24)32-29)17-25(30)21-10-12-23-26(33-34-28(23)16-21)13-9-20-8-11-22(31-18-20)19-35-14-4-1-5-15-35/h2-3,6-13,16,18,25H,1,4-5,14-15,17,19H2,(H,32,36)(H,33,34)/t25-,30-/m0/s1. The minimum Gasteiger partial charge on any atom is -0.325 e. The molecule has 2 aliphatic heterocycles. The van der Waals surface area contributed by atoms with Crippen LogP contribution in [0.1, 0.15) is 59.7 Å². The summed E-state index contributed by atoms with van der Waals surface area (Å²) in [4.78, 5) is 20.0. The molecular weight excluding hydrogens is 446 g/mol. The van der Waals surface area contributed by atoms with E-state index in [2.05, 4.69) is 67.9 Å². The third kappa shape index (κ3) is 3.56. The number of nitrogens with one attached hydrogen (secondary N) is 2. The first-order valence-corrected chi connectivity index (χ1v) is 12.9. The second-order valence-electron chi connectivity index (χ2n) is 10.4. The molecule has 1 spiro atoms. The SMILES string of the molecule is O=C1Nc2ccccc2[C@]12C[C@H]2c1ccc2c(C=Cc3ccc(CN4CCCCC4)nc3)n[nH]c2c1. The third-order valence-corrected chi connectivity index (χ3v) is 8.16. The molecular formula is C30H29N5O. The molecule has 6 nitrogen and oxygen atoms in total. The Balaban J connectivity index is 1.08. The number of aromatic amines is 1. The lowest BCUT2D eigenvalue weighted by Crippen LogP contribution is -2.29. The summed E-state index contributed by atoms with van der Waals surface area (Å²) in [6.07, 6.45) is 10.8. The normalized spacial score (nSPS) is 23.4. The number of carbonyl (C=O) groups is 1. The van der Waals surface area contributed by atoms with Crippen molar-refractivity contribution in [2.24, 2.45) is 0 Å². The molecule has 36 heavy (non-hydrogen) atoms. The van der Waals surface area contributed by atoms with Crippen LogP contribution in [0.15, 0.2) is 60.8 Å². The zero-order chi connectivity index (χ0) is 24.1. The van der Waals surface area contributed by atoms with Gasteiger partial charge in [0.2, 0.25) is 5.91 Å². The molecule has 4 heterocycles. The van der Waals surface area contributed by atoms with Crippen LogP contribution < -0.4 is 5.32 Å². The number of pyridine rings is 1. The van der Waals surface area contributed by atoms with Gasteiger partial charge in [0, 0.05) is 29.7 Å². The highest BCUT2D eigenvalue weighted by Gasteiger charge is 2.65. The maximum absolute atomic E-state index is 12.9. The number of rotatable bonds is 5. The number of para-hydroxylation sites is 1. The molecule has 2 aromatic carbocycles. The number of amides is 1. The van der Waals surface area contributed by atoms with Crippen LogP contribution in [-0.4, -0.2) is 39.1 Å². The number of aromatic nitrogens is 3. The lowest BCUT2D eigenvalue weighted by molar-refractivity contribution is -0.118. The number of H-pyrrole nitrogens is 1. The first-order valence-electron chi connectivity index (χ1n) is 12.9. The van der Waals surface area contributed by atoms with Crippen LogP contribution >= 0.6 is 0 Å². The van der Waals surface area contributed by atoms with Crippen LogP contribution in [0.2, 0.25) is 0 Å². The number of likely N-dealkylation sites (tertiary alicyclic amines) is 1. The summed E-state index contributed by atoms with van der Waals surface area (Å²) in [6.45, 7) is 3.30. The predicted octanol–water partition coefficient (Wildman–Crippen LogP) is 5.49. The average Bonchev–Trinajstić information content (AvgIpc) is 3.45. The van der Waals surface area contributed by atoms with Crippen LogP contribution in [0.4, 0.5) is 5.69 Å². The number of carbonyl (C=O) groups excluding carboxylic acids is 1. The quantitative estimate of drug-likeness (QED) is 0.400. The minimum atomic E-state index is -0.416. The van der Waals surface area contributed by atoms with Gasteiger partial charge in [-0.2, -0.15) is 5.10 Å². The lowest BCUT2D eigenvalue weighted by atomic mass is 9.92. The molecule has 2 atom stereocenters. The molecule has 2 N–H and O–H groups in total. The van der Waals surface area contributed by atoms with E-state index in [9.17, 15) is 4.79 Å². The first-order chi connectivity index (χ1) is 17.7. The van der Waals surface area contributed by atoms with E-state index in [-0.39, 0.29) is 11.8 Å². The Bertz CT molecular complexity index is 1480. The van der Waals surface area contributed by atoms with E-state index in [1.807, 2.05) is 30.5 Å². The van der Waals surface area contributed by atoms with Gasteiger partial charge in [0.05, 0.1) is 22.3 Å². The number of benzene rings is 2. The van der Waals surface area contributed by atoms with Gasteiger partial charge in [-0.15, -0.1) is 0 Å². The van der Waals surface area contributed by atoms with Crippen molar-refractivity contribution in [3.05, 3.63) is 88.9 Å². The Morgan fingerprint density at radius 1 is 1.03 bits per heavy atom. The van der Waals surface area contributed by atoms with Crippen molar-refractivity contribution in [1.29, 1.82) is 0 Å². The van der Waals surface area contributed by atoms with Gasteiger partial charge in [-0.3, -0.25) is 19.8 Å². The fourth-order valence-corrected chi connectivity index (χ4v) is 6.10. The highest BCUT2D eigenvalue weighted by Crippen LogP contribution is 2.64. The largest absolute Gasteiger partial charge is 0.325 e. The summed E-state index contributed by atoms with van der Waals surface area (Å²) < 4.78 is 0. The molecule has 1 amide bonds. The average molecular weight is 476 g/mol. The topological polar surface area (TPSA) is 73.9 Å². The maximum atomic E-state index is 12.9. The van der Waals surface area contributed by atoms with Crippen molar-refractivity contribution in [3.8, 4) is 0 Å². The van der Waals surface area contributed by atoms with Gasteiger partial charge in [-0.05, 0) is 73.3 Å². The van der Waals surface area contributed by atoms with Gasteiger partial charge < -0.3 is 5.32 Å². The molecule has 0 unspecified atom stereocenters. The molecule has 0 radical (unpaired) electrons. The van der Waals surface area contributed by atoms with Gasteiger partial charge in [0.1, 0.15) is 0 Å². The molecule has 1 aliphatic carbocycles. The Labute approximate surface area is 210 Å². The van der Waals surface area contributed by atoms with Crippen molar-refractivity contribution >= 4 is 34.6 Å². The van der Waals surface area contributed by atoms with Gasteiger partial charge in [-0.25, -0.2) is 0 Å². The van der Waals surface area contributed by atoms with E-state index in [0.717, 1.165) is 52.1 Å². The predicted molar refractivity (Wildman–Crippen MR) is 142 cm³/mol. The Hall–Kier alpha value is -3.77. The molecule has 0 bridgehead atoms. The smallest absolute Gasteiger partial charge is 0.235 e. The second-order valence-corrected chi connectivity index (χ2v) is 10.4. The van der Waals surface area contributed by atoms with Crippen LogP contribution in [0, 0.1) is 0 Å². The molecule has 2 fully saturated rings. The molecule has 3 aliphatic rings. The fraction of sp³-hybridized carbons (Fsp3) is 0.300. The molecule has 1 saturated heterocycles. The van der Waals surface area contributed by atoms with E-state index in [1.54, 1.807) is 0 Å². The monoisotopic (exact) mass is 475 g/mol. The molecule has 7 rings (SSSR count). The van der Waals surface area contributed by atoms with Crippen molar-refractivity contribution in [2.45, 2.75) is 43.6 Å². The Morgan fingerprint density at radius 2 is 1.92 bits per heavy atom. The molecule has 1 saturated carbocycles. The van der Waals surface area contributed by atoms with E-state index >= 15 is 0 Å². The van der Waals surface area contributed by atoms with Crippen LogP contribution in [0.5, 0.6) is 0 Å². The summed E-state index contributed by atoms with van der Waals surface area (Å²) in [6, 6.07) is 18.8. The fourth-order valence-electron chi connectivity index (χ4n) is 6.10. The summed E-state index contributed by atoms with van der Waals surface area (Å²) in [5.41, 5.74) is 6.94. The summed E-state index contributed by atoms with van der Waals surface area (Å²) >= 11 is 0. The number of fused-ring (bicyclic) bond motifs is 3. The van der Waals surface area contributed by atoms with Crippen molar-refractivity contribution in [1.82, 2.24) is 20.1 Å². The summed E-state index contributed by atoms with van der Waals surface area (Å²) in [5, 5.41) is 11.9. The van der Waals surface area contributed by atoms with E-state index in [0.29, 0.717) is 0 Å². The van der Waals surface area contributed by atoms with Gasteiger partial charge in [0.25, 0.3) is 0 Å². The number of hydrogen-bond acceptors (Lipinski definition) is 4. The van der Waals surface area contributed by atoms with E-state index in [1.165, 1.54) is 37.9 Å². The zero-order valence-electron chi connectivity index (χ0n) is 20.2. The number of nitrogens with zero attached hydrogens (tertiary/aromatic N) is 3.